The van der Waals surface area contributed by atoms with Crippen molar-refractivity contribution in [3.8, 4) is 57.3 Å². The van der Waals surface area contributed by atoms with Gasteiger partial charge in [0.15, 0.2) is 0 Å². The monoisotopic (exact) mass is 734 g/mol. The summed E-state index contributed by atoms with van der Waals surface area (Å²) >= 11 is 0. The summed E-state index contributed by atoms with van der Waals surface area (Å²) in [6, 6.07) is 23.4. The van der Waals surface area contributed by atoms with Crippen LogP contribution >= 0.6 is 0 Å². The second-order valence-corrected chi connectivity index (χ2v) is 14.5. The molecule has 0 fully saturated rings. The van der Waals surface area contributed by atoms with Crippen LogP contribution in [0.15, 0.2) is 81.6 Å². The third kappa shape index (κ3) is 14.1. The maximum absolute atomic E-state index is 6.08. The first-order valence-corrected chi connectivity index (χ1v) is 21.0. The maximum Gasteiger partial charge on any atom is 0.248 e. The van der Waals surface area contributed by atoms with Gasteiger partial charge < -0.3 is 18.3 Å². The van der Waals surface area contributed by atoms with Gasteiger partial charge in [0.05, 0.1) is 13.2 Å². The van der Waals surface area contributed by atoms with E-state index in [0.29, 0.717) is 23.6 Å². The molecule has 0 unspecified atom stereocenters. The van der Waals surface area contributed by atoms with E-state index in [0.717, 1.165) is 59.8 Å². The molecular formula is C46H62N4O4. The van der Waals surface area contributed by atoms with Gasteiger partial charge in [-0.2, -0.15) is 0 Å². The van der Waals surface area contributed by atoms with Crippen LogP contribution < -0.4 is 9.47 Å². The Labute approximate surface area is 323 Å². The van der Waals surface area contributed by atoms with Gasteiger partial charge in [0.2, 0.25) is 23.6 Å². The van der Waals surface area contributed by atoms with Gasteiger partial charge in [0.25, 0.3) is 0 Å². The number of rotatable bonds is 28. The predicted molar refractivity (Wildman–Crippen MR) is 219 cm³/mol. The quantitative estimate of drug-likeness (QED) is 0.0469. The van der Waals surface area contributed by atoms with Gasteiger partial charge in [-0.1, -0.05) is 135 Å². The van der Waals surface area contributed by atoms with Crippen LogP contribution in [0.4, 0.5) is 0 Å². The van der Waals surface area contributed by atoms with Crippen LogP contribution in [0.25, 0.3) is 45.8 Å². The zero-order chi connectivity index (χ0) is 37.5. The summed E-state index contributed by atoms with van der Waals surface area (Å²) < 4.78 is 24.1. The SMILES string of the molecule is CCCCCCCCCCCCOc1ccc(-c2nnc(-c3cccc(-c4nnc(-c5ccc(OCCCCCCCCCCCC)cc5)o4)c3)o2)cc1. The molecule has 0 bridgehead atoms. The summed E-state index contributed by atoms with van der Waals surface area (Å²) in [4.78, 5) is 0. The number of unbranched alkanes of at least 4 members (excludes halogenated alkanes) is 18. The van der Waals surface area contributed by atoms with E-state index in [1.807, 2.05) is 72.8 Å². The Balaban J connectivity index is 1.02. The van der Waals surface area contributed by atoms with Crippen LogP contribution in [-0.4, -0.2) is 33.6 Å². The fraction of sp³-hybridized carbons (Fsp3) is 0.522. The molecule has 54 heavy (non-hydrogen) atoms. The molecule has 2 aromatic heterocycles. The first-order chi connectivity index (χ1) is 26.7. The normalized spacial score (nSPS) is 11.3. The number of benzene rings is 3. The number of ether oxygens (including phenoxy) is 2. The fourth-order valence-corrected chi connectivity index (χ4v) is 6.64. The molecule has 0 N–H and O–H groups in total. The predicted octanol–water partition coefficient (Wildman–Crippen LogP) is 13.7. The van der Waals surface area contributed by atoms with E-state index in [2.05, 4.69) is 34.2 Å². The minimum atomic E-state index is 0.418. The van der Waals surface area contributed by atoms with Crippen molar-refractivity contribution in [1.82, 2.24) is 20.4 Å². The van der Waals surface area contributed by atoms with E-state index in [4.69, 9.17) is 18.3 Å². The van der Waals surface area contributed by atoms with Crippen LogP contribution in [0, 0.1) is 0 Å². The Kier molecular flexibility index (Phi) is 18.1. The molecule has 0 saturated heterocycles. The Bertz CT molecular complexity index is 1590. The van der Waals surface area contributed by atoms with Gasteiger partial charge in [0.1, 0.15) is 11.5 Å². The fourth-order valence-electron chi connectivity index (χ4n) is 6.64. The number of aromatic nitrogens is 4. The minimum Gasteiger partial charge on any atom is -0.494 e. The highest BCUT2D eigenvalue weighted by atomic mass is 16.5. The third-order valence-corrected chi connectivity index (χ3v) is 9.94. The van der Waals surface area contributed by atoms with Crippen molar-refractivity contribution in [3.05, 3.63) is 72.8 Å². The van der Waals surface area contributed by atoms with E-state index in [-0.39, 0.29) is 0 Å². The lowest BCUT2D eigenvalue weighted by Gasteiger charge is -2.06. The van der Waals surface area contributed by atoms with E-state index in [1.165, 1.54) is 116 Å². The van der Waals surface area contributed by atoms with Crippen molar-refractivity contribution in [1.29, 1.82) is 0 Å². The summed E-state index contributed by atoms with van der Waals surface area (Å²) in [5.74, 6) is 3.44. The number of nitrogens with zero attached hydrogens (tertiary/aromatic N) is 4. The Hall–Kier alpha value is -4.46. The van der Waals surface area contributed by atoms with Crippen molar-refractivity contribution in [2.75, 3.05) is 13.2 Å². The molecule has 0 spiro atoms. The summed E-state index contributed by atoms with van der Waals surface area (Å²) in [7, 11) is 0. The second kappa shape index (κ2) is 24.0. The van der Waals surface area contributed by atoms with E-state index in [9.17, 15) is 0 Å². The highest BCUT2D eigenvalue weighted by Gasteiger charge is 2.15. The lowest BCUT2D eigenvalue weighted by Crippen LogP contribution is -1.97. The molecule has 8 nitrogen and oxygen atoms in total. The van der Waals surface area contributed by atoms with Gasteiger partial charge in [-0.15, -0.1) is 20.4 Å². The van der Waals surface area contributed by atoms with Gasteiger partial charge in [-0.3, -0.25) is 0 Å². The molecule has 2 heterocycles. The molecule has 0 saturated carbocycles. The third-order valence-electron chi connectivity index (χ3n) is 9.94. The molecule has 0 atom stereocenters. The van der Waals surface area contributed by atoms with Crippen LogP contribution in [0.1, 0.15) is 142 Å². The maximum atomic E-state index is 6.08. The standard InChI is InChI=1S/C46H62N4O4/c1-3-5-7-9-11-13-15-17-19-21-34-51-41-30-26-37(27-31-41)43-47-49-45(53-43)39-24-23-25-40(36-39)46-50-48-44(54-46)38-28-32-42(33-29-38)52-35-22-20-18-16-14-12-10-8-6-4-2/h23-33,36H,3-22,34-35H2,1-2H3. The molecular weight excluding hydrogens is 673 g/mol. The average Bonchev–Trinajstić information content (AvgIpc) is 3.91. The van der Waals surface area contributed by atoms with Gasteiger partial charge >= 0.3 is 0 Å². The van der Waals surface area contributed by atoms with Crippen molar-refractivity contribution in [3.63, 3.8) is 0 Å². The highest BCUT2D eigenvalue weighted by molar-refractivity contribution is 5.66. The molecule has 3 aromatic carbocycles. The number of hydrogen-bond acceptors (Lipinski definition) is 8. The molecule has 0 aliphatic carbocycles. The smallest absolute Gasteiger partial charge is 0.248 e. The lowest BCUT2D eigenvalue weighted by molar-refractivity contribution is 0.304. The van der Waals surface area contributed by atoms with Crippen molar-refractivity contribution >= 4 is 0 Å². The van der Waals surface area contributed by atoms with Crippen LogP contribution in [0.5, 0.6) is 11.5 Å². The van der Waals surface area contributed by atoms with E-state index >= 15 is 0 Å². The molecule has 5 rings (SSSR count). The van der Waals surface area contributed by atoms with Crippen molar-refractivity contribution in [2.24, 2.45) is 0 Å². The summed E-state index contributed by atoms with van der Waals surface area (Å²) in [6.45, 7) is 6.01. The molecule has 0 amide bonds. The summed E-state index contributed by atoms with van der Waals surface area (Å²) in [5.41, 5.74) is 3.22. The van der Waals surface area contributed by atoms with Crippen LogP contribution in [-0.2, 0) is 0 Å². The Morgan fingerprint density at radius 1 is 0.370 bits per heavy atom. The summed E-state index contributed by atoms with van der Waals surface area (Å²) in [5, 5.41) is 17.3. The highest BCUT2D eigenvalue weighted by Crippen LogP contribution is 2.30. The first kappa shape index (κ1) is 40.7. The molecule has 0 aliphatic rings. The zero-order valence-electron chi connectivity index (χ0n) is 32.9. The largest absolute Gasteiger partial charge is 0.494 e. The van der Waals surface area contributed by atoms with Crippen LogP contribution in [0.3, 0.4) is 0 Å². The minimum absolute atomic E-state index is 0.418. The van der Waals surface area contributed by atoms with E-state index < -0.39 is 0 Å². The lowest BCUT2D eigenvalue weighted by atomic mass is 10.1. The van der Waals surface area contributed by atoms with Crippen molar-refractivity contribution in [2.45, 2.75) is 142 Å². The zero-order valence-corrected chi connectivity index (χ0v) is 32.9. The first-order valence-electron chi connectivity index (χ1n) is 21.0. The van der Waals surface area contributed by atoms with E-state index in [1.54, 1.807) is 0 Å². The van der Waals surface area contributed by atoms with Gasteiger partial charge in [0, 0.05) is 22.3 Å². The average molecular weight is 735 g/mol. The van der Waals surface area contributed by atoms with Gasteiger partial charge in [-0.05, 0) is 79.6 Å². The molecule has 5 aromatic rings. The van der Waals surface area contributed by atoms with Crippen molar-refractivity contribution < 1.29 is 18.3 Å². The van der Waals surface area contributed by atoms with Crippen LogP contribution in [0.2, 0.25) is 0 Å². The Morgan fingerprint density at radius 2 is 0.685 bits per heavy atom. The molecule has 290 valence electrons. The van der Waals surface area contributed by atoms with Gasteiger partial charge in [-0.25, -0.2) is 0 Å². The summed E-state index contributed by atoms with van der Waals surface area (Å²) in [6.07, 6.45) is 26.3. The molecule has 0 aliphatic heterocycles. The topological polar surface area (TPSA) is 96.3 Å². The molecule has 8 heteroatoms. The molecule has 0 radical (unpaired) electrons. The Morgan fingerprint density at radius 3 is 1.04 bits per heavy atom. The second-order valence-electron chi connectivity index (χ2n) is 14.5. The number of hydrogen-bond donors (Lipinski definition) is 0.